The molecule has 0 spiro atoms. The minimum Gasteiger partial charge on any atom is -0.379 e. The summed E-state index contributed by atoms with van der Waals surface area (Å²) in [7, 11) is 2.02. The van der Waals surface area contributed by atoms with Crippen LogP contribution in [0, 0.1) is 0 Å². The van der Waals surface area contributed by atoms with E-state index in [1.54, 1.807) is 0 Å². The van der Waals surface area contributed by atoms with Crippen molar-refractivity contribution >= 4 is 21.6 Å². The second-order valence-corrected chi connectivity index (χ2v) is 6.48. The van der Waals surface area contributed by atoms with Crippen LogP contribution < -0.4 is 5.32 Å². The first-order valence-electron chi connectivity index (χ1n) is 7.75. The van der Waals surface area contributed by atoms with Gasteiger partial charge in [-0.05, 0) is 65.2 Å². The molecule has 1 aromatic heterocycles. The van der Waals surface area contributed by atoms with Crippen LogP contribution in [0.4, 0.5) is 5.69 Å². The molecule has 2 aromatic rings. The van der Waals surface area contributed by atoms with Crippen LogP contribution in [0.5, 0.6) is 0 Å². The van der Waals surface area contributed by atoms with E-state index < -0.39 is 0 Å². The highest BCUT2D eigenvalue weighted by molar-refractivity contribution is 9.10. The summed E-state index contributed by atoms with van der Waals surface area (Å²) in [4.78, 5) is 0. The first-order valence-corrected chi connectivity index (χ1v) is 8.55. The summed E-state index contributed by atoms with van der Waals surface area (Å²) in [6.45, 7) is 2.94. The predicted octanol–water partition coefficient (Wildman–Crippen LogP) is 4.24. The normalized spacial score (nSPS) is 14.0. The van der Waals surface area contributed by atoms with Gasteiger partial charge in [0.25, 0.3) is 0 Å². The van der Waals surface area contributed by atoms with E-state index in [1.165, 1.54) is 48.2 Å². The van der Waals surface area contributed by atoms with Gasteiger partial charge in [-0.3, -0.25) is 4.68 Å². The highest BCUT2D eigenvalue weighted by Crippen LogP contribution is 2.29. The molecule has 0 radical (unpaired) electrons. The molecule has 0 aliphatic heterocycles. The average molecular weight is 348 g/mol. The van der Waals surface area contributed by atoms with E-state index >= 15 is 0 Å². The van der Waals surface area contributed by atoms with E-state index in [0.29, 0.717) is 0 Å². The number of nitrogens with zero attached hydrogens (tertiary/aromatic N) is 2. The molecular formula is C17H22BrN3. The van der Waals surface area contributed by atoms with Crippen LogP contribution in [0.3, 0.4) is 0 Å². The molecule has 0 fully saturated rings. The van der Waals surface area contributed by atoms with Gasteiger partial charge in [-0.1, -0.05) is 19.1 Å². The molecule has 0 bridgehead atoms. The van der Waals surface area contributed by atoms with Crippen LogP contribution in [-0.2, 0) is 32.9 Å². The Kier molecular flexibility index (Phi) is 4.34. The van der Waals surface area contributed by atoms with Crippen molar-refractivity contribution in [1.82, 2.24) is 9.78 Å². The van der Waals surface area contributed by atoms with Crippen LogP contribution in [0.25, 0.3) is 0 Å². The van der Waals surface area contributed by atoms with Gasteiger partial charge in [0.15, 0.2) is 0 Å². The number of benzene rings is 1. The lowest BCUT2D eigenvalue weighted by molar-refractivity contribution is 0.684. The number of halogens is 1. The van der Waals surface area contributed by atoms with E-state index in [-0.39, 0.29) is 0 Å². The van der Waals surface area contributed by atoms with Gasteiger partial charge in [-0.25, -0.2) is 0 Å². The molecule has 1 aliphatic carbocycles. The Morgan fingerprint density at radius 1 is 1.29 bits per heavy atom. The Balaban J connectivity index is 1.81. The topological polar surface area (TPSA) is 29.9 Å². The molecule has 3 nitrogen and oxygen atoms in total. The highest BCUT2D eigenvalue weighted by atomic mass is 79.9. The SMILES string of the molecule is CCc1nn(C)c(CNc2cccc3c2CCCC3)c1Br. The molecule has 0 saturated carbocycles. The molecule has 1 N–H and O–H groups in total. The minimum atomic E-state index is 0.806. The third-order valence-corrected chi connectivity index (χ3v) is 5.26. The van der Waals surface area contributed by atoms with Crippen molar-refractivity contribution < 1.29 is 0 Å². The van der Waals surface area contributed by atoms with Gasteiger partial charge in [0.05, 0.1) is 22.4 Å². The quantitative estimate of drug-likeness (QED) is 0.896. The summed E-state index contributed by atoms with van der Waals surface area (Å²) >= 11 is 3.69. The van der Waals surface area contributed by atoms with Crippen LogP contribution in [0.1, 0.15) is 42.3 Å². The predicted molar refractivity (Wildman–Crippen MR) is 90.7 cm³/mol. The molecule has 1 aromatic carbocycles. The summed E-state index contributed by atoms with van der Waals surface area (Å²) in [5.41, 5.74) is 6.66. The van der Waals surface area contributed by atoms with Crippen LogP contribution in [-0.4, -0.2) is 9.78 Å². The number of hydrogen-bond donors (Lipinski definition) is 1. The zero-order valence-electron chi connectivity index (χ0n) is 12.7. The van der Waals surface area contributed by atoms with Gasteiger partial charge >= 0.3 is 0 Å². The molecular weight excluding hydrogens is 326 g/mol. The molecule has 1 heterocycles. The Hall–Kier alpha value is -1.29. The minimum absolute atomic E-state index is 0.806. The third-order valence-electron chi connectivity index (χ3n) is 4.35. The summed E-state index contributed by atoms with van der Waals surface area (Å²) < 4.78 is 3.12. The molecule has 0 unspecified atom stereocenters. The fraction of sp³-hybridized carbons (Fsp3) is 0.471. The van der Waals surface area contributed by atoms with Crippen molar-refractivity contribution in [2.75, 3.05) is 5.32 Å². The Labute approximate surface area is 134 Å². The molecule has 112 valence electrons. The lowest BCUT2D eigenvalue weighted by Crippen LogP contribution is -2.10. The van der Waals surface area contributed by atoms with E-state index in [4.69, 9.17) is 0 Å². The van der Waals surface area contributed by atoms with Crippen molar-refractivity contribution in [2.45, 2.75) is 45.6 Å². The van der Waals surface area contributed by atoms with Gasteiger partial charge in [-0.15, -0.1) is 0 Å². The van der Waals surface area contributed by atoms with Crippen molar-refractivity contribution in [1.29, 1.82) is 0 Å². The van der Waals surface area contributed by atoms with Gasteiger partial charge in [0.2, 0.25) is 0 Å². The maximum Gasteiger partial charge on any atom is 0.0767 e. The standard InChI is InChI=1S/C17H22BrN3/c1-3-14-17(18)16(21(2)20-14)11-19-15-10-6-8-12-7-4-5-9-13(12)15/h6,8,10,19H,3-5,7,9,11H2,1-2H3. The summed E-state index contributed by atoms with van der Waals surface area (Å²) in [6.07, 6.45) is 6.01. The van der Waals surface area contributed by atoms with Gasteiger partial charge < -0.3 is 5.32 Å². The summed E-state index contributed by atoms with van der Waals surface area (Å²) in [6, 6.07) is 6.65. The zero-order valence-corrected chi connectivity index (χ0v) is 14.3. The molecule has 1 aliphatic rings. The van der Waals surface area contributed by atoms with Gasteiger partial charge in [0.1, 0.15) is 0 Å². The first kappa shape index (κ1) is 14.6. The molecule has 21 heavy (non-hydrogen) atoms. The smallest absolute Gasteiger partial charge is 0.0767 e. The van der Waals surface area contributed by atoms with E-state index in [9.17, 15) is 0 Å². The number of nitrogens with one attached hydrogen (secondary N) is 1. The maximum absolute atomic E-state index is 4.56. The second kappa shape index (κ2) is 6.22. The molecule has 0 atom stereocenters. The fourth-order valence-corrected chi connectivity index (χ4v) is 3.89. The molecule has 3 rings (SSSR count). The number of hydrogen-bond acceptors (Lipinski definition) is 2. The summed E-state index contributed by atoms with van der Waals surface area (Å²) in [5, 5.41) is 8.18. The molecule has 0 saturated heterocycles. The van der Waals surface area contributed by atoms with Crippen molar-refractivity contribution in [3.8, 4) is 0 Å². The lowest BCUT2D eigenvalue weighted by atomic mass is 9.90. The van der Waals surface area contributed by atoms with Crippen LogP contribution >= 0.6 is 15.9 Å². The Bertz CT molecular complexity index is 646. The maximum atomic E-state index is 4.56. The fourth-order valence-electron chi connectivity index (χ4n) is 3.14. The highest BCUT2D eigenvalue weighted by Gasteiger charge is 2.15. The Morgan fingerprint density at radius 2 is 2.10 bits per heavy atom. The monoisotopic (exact) mass is 347 g/mol. The third kappa shape index (κ3) is 2.86. The van der Waals surface area contributed by atoms with Gasteiger partial charge in [-0.2, -0.15) is 5.10 Å². The number of aromatic nitrogens is 2. The van der Waals surface area contributed by atoms with Gasteiger partial charge in [0, 0.05) is 12.7 Å². The Morgan fingerprint density at radius 3 is 2.86 bits per heavy atom. The van der Waals surface area contributed by atoms with Crippen molar-refractivity contribution in [3.05, 3.63) is 45.2 Å². The number of fused-ring (bicyclic) bond motifs is 1. The van der Waals surface area contributed by atoms with Crippen LogP contribution in [0.2, 0.25) is 0 Å². The van der Waals surface area contributed by atoms with E-state index in [0.717, 1.165) is 23.1 Å². The molecule has 0 amide bonds. The van der Waals surface area contributed by atoms with Crippen LogP contribution in [0.15, 0.2) is 22.7 Å². The molecule has 4 heteroatoms. The largest absolute Gasteiger partial charge is 0.379 e. The average Bonchev–Trinajstić information content (AvgIpc) is 2.79. The number of rotatable bonds is 4. The second-order valence-electron chi connectivity index (χ2n) is 5.69. The first-order chi connectivity index (χ1) is 10.2. The lowest BCUT2D eigenvalue weighted by Gasteiger charge is -2.20. The van der Waals surface area contributed by atoms with Crippen molar-refractivity contribution in [2.24, 2.45) is 7.05 Å². The number of aryl methyl sites for hydroxylation is 3. The zero-order chi connectivity index (χ0) is 14.8. The number of anilines is 1. The van der Waals surface area contributed by atoms with E-state index in [2.05, 4.69) is 51.5 Å². The van der Waals surface area contributed by atoms with E-state index in [1.807, 2.05) is 11.7 Å². The van der Waals surface area contributed by atoms with Crippen molar-refractivity contribution in [3.63, 3.8) is 0 Å². The summed E-state index contributed by atoms with van der Waals surface area (Å²) in [5.74, 6) is 0.